The maximum absolute atomic E-state index is 12.9. The fourth-order valence-corrected chi connectivity index (χ4v) is 4.95. The van der Waals surface area contributed by atoms with Crippen molar-refractivity contribution in [1.29, 1.82) is 5.26 Å². The third-order valence-corrected chi connectivity index (χ3v) is 6.81. The van der Waals surface area contributed by atoms with E-state index in [0.29, 0.717) is 18.8 Å². The minimum atomic E-state index is -0.0523. The lowest BCUT2D eigenvalue weighted by atomic mass is 9.95. The number of aryl methyl sites for hydroxylation is 4. The minimum absolute atomic E-state index is 0.0168. The van der Waals surface area contributed by atoms with Crippen LogP contribution in [0.2, 0.25) is 0 Å². The van der Waals surface area contributed by atoms with Crippen LogP contribution in [0.25, 0.3) is 10.2 Å². The first-order valence-corrected chi connectivity index (χ1v) is 11.0. The molecule has 1 fully saturated rings. The summed E-state index contributed by atoms with van der Waals surface area (Å²) in [6.07, 6.45) is 3.53. The number of piperidine rings is 1. The van der Waals surface area contributed by atoms with Crippen LogP contribution in [0.4, 0.5) is 11.6 Å². The highest BCUT2D eigenvalue weighted by molar-refractivity contribution is 7.18. The molecule has 1 N–H and O–H groups in total. The van der Waals surface area contributed by atoms with Crippen molar-refractivity contribution in [1.82, 2.24) is 19.7 Å². The number of nitrogens with one attached hydrogen (secondary N) is 1. The predicted molar refractivity (Wildman–Crippen MR) is 118 cm³/mol. The van der Waals surface area contributed by atoms with Crippen LogP contribution >= 0.6 is 11.3 Å². The van der Waals surface area contributed by atoms with Crippen molar-refractivity contribution in [3.8, 4) is 6.07 Å². The molecule has 0 saturated carbocycles. The van der Waals surface area contributed by atoms with E-state index in [1.54, 1.807) is 22.3 Å². The van der Waals surface area contributed by atoms with E-state index in [1.807, 2.05) is 13.0 Å². The molecular weight excluding hydrogens is 398 g/mol. The summed E-state index contributed by atoms with van der Waals surface area (Å²) in [6.45, 7) is 8.16. The van der Waals surface area contributed by atoms with E-state index in [2.05, 4.69) is 45.2 Å². The highest BCUT2D eigenvalue weighted by Crippen LogP contribution is 2.35. The number of fused-ring (bicyclic) bond motifs is 1. The summed E-state index contributed by atoms with van der Waals surface area (Å²) in [5.41, 5.74) is 2.07. The summed E-state index contributed by atoms with van der Waals surface area (Å²) < 4.78 is 1.70. The number of nitrogens with zero attached hydrogens (tertiary/aromatic N) is 6. The van der Waals surface area contributed by atoms with Gasteiger partial charge in [0.05, 0.1) is 30.1 Å². The first-order chi connectivity index (χ1) is 14.5. The molecule has 1 amide bonds. The number of amides is 1. The molecule has 3 aromatic rings. The summed E-state index contributed by atoms with van der Waals surface area (Å²) in [5, 5.41) is 17.3. The maximum atomic E-state index is 12.9. The number of aromatic nitrogens is 4. The second-order valence-corrected chi connectivity index (χ2v) is 8.92. The molecule has 4 heterocycles. The largest absolute Gasteiger partial charge is 0.356 e. The Hall–Kier alpha value is -2.99. The molecule has 0 aromatic carbocycles. The number of carbonyl (C=O) groups excluding carboxylic acids is 1. The van der Waals surface area contributed by atoms with Gasteiger partial charge in [0, 0.05) is 30.0 Å². The number of rotatable bonds is 5. The Morgan fingerprint density at radius 3 is 2.80 bits per heavy atom. The van der Waals surface area contributed by atoms with Gasteiger partial charge in [0.1, 0.15) is 22.8 Å². The van der Waals surface area contributed by atoms with Crippen molar-refractivity contribution in [2.45, 2.75) is 46.6 Å². The smallest absolute Gasteiger partial charge is 0.228 e. The van der Waals surface area contributed by atoms with Gasteiger partial charge in [-0.25, -0.2) is 14.6 Å². The Labute approximate surface area is 179 Å². The van der Waals surface area contributed by atoms with Gasteiger partial charge in [0.15, 0.2) is 0 Å². The average molecular weight is 424 g/mol. The lowest BCUT2D eigenvalue weighted by Crippen LogP contribution is -2.39. The zero-order valence-corrected chi connectivity index (χ0v) is 18.3. The van der Waals surface area contributed by atoms with E-state index in [1.165, 1.54) is 10.4 Å². The van der Waals surface area contributed by atoms with Crippen LogP contribution in [-0.4, -0.2) is 38.7 Å². The first kappa shape index (κ1) is 20.3. The molecule has 8 nitrogen and oxygen atoms in total. The Kier molecular flexibility index (Phi) is 5.68. The van der Waals surface area contributed by atoms with E-state index < -0.39 is 0 Å². The van der Waals surface area contributed by atoms with Crippen LogP contribution in [0.3, 0.4) is 0 Å². The van der Waals surface area contributed by atoms with Crippen molar-refractivity contribution in [2.24, 2.45) is 5.92 Å². The molecule has 3 aromatic heterocycles. The maximum Gasteiger partial charge on any atom is 0.228 e. The Morgan fingerprint density at radius 1 is 1.30 bits per heavy atom. The third kappa shape index (κ3) is 3.87. The number of nitriles is 1. The first-order valence-electron chi connectivity index (χ1n) is 10.2. The Bertz CT molecular complexity index is 1120. The quantitative estimate of drug-likeness (QED) is 0.673. The standard InChI is InChI=1S/C21H25N7OS/c1-13-11-17(28(26-13)8-4-7-22)25-20(29)16-5-9-27(10-6-16)19-18-14(2)15(3)30-21(18)24-12-23-19/h11-12,16H,4-6,8-10H2,1-3H3,(H,25,29). The number of hydrogen-bond donors (Lipinski definition) is 1. The van der Waals surface area contributed by atoms with Crippen molar-refractivity contribution in [3.63, 3.8) is 0 Å². The van der Waals surface area contributed by atoms with Crippen LogP contribution < -0.4 is 10.2 Å². The summed E-state index contributed by atoms with van der Waals surface area (Å²) in [6, 6.07) is 3.97. The number of thiophene rings is 1. The molecule has 30 heavy (non-hydrogen) atoms. The van der Waals surface area contributed by atoms with Gasteiger partial charge in [-0.3, -0.25) is 4.79 Å². The molecule has 1 aliphatic rings. The van der Waals surface area contributed by atoms with Crippen LogP contribution in [-0.2, 0) is 11.3 Å². The molecule has 1 aliphatic heterocycles. The average Bonchev–Trinajstić information content (AvgIpc) is 3.24. The monoisotopic (exact) mass is 423 g/mol. The second-order valence-electron chi connectivity index (χ2n) is 7.71. The predicted octanol–water partition coefficient (Wildman–Crippen LogP) is 3.58. The molecule has 156 valence electrons. The van der Waals surface area contributed by atoms with E-state index in [9.17, 15) is 4.79 Å². The minimum Gasteiger partial charge on any atom is -0.356 e. The van der Waals surface area contributed by atoms with Gasteiger partial charge in [0.2, 0.25) is 5.91 Å². The lowest BCUT2D eigenvalue weighted by Gasteiger charge is -2.32. The summed E-state index contributed by atoms with van der Waals surface area (Å²) in [5.74, 6) is 1.61. The Morgan fingerprint density at radius 2 is 2.07 bits per heavy atom. The summed E-state index contributed by atoms with van der Waals surface area (Å²) >= 11 is 1.70. The zero-order chi connectivity index (χ0) is 21.3. The van der Waals surface area contributed by atoms with Gasteiger partial charge in [-0.2, -0.15) is 10.4 Å². The molecule has 9 heteroatoms. The molecule has 1 saturated heterocycles. The third-order valence-electron chi connectivity index (χ3n) is 5.70. The fourth-order valence-electron chi connectivity index (χ4n) is 3.96. The SMILES string of the molecule is Cc1cc(NC(=O)C2CCN(c3ncnc4sc(C)c(C)c34)CC2)n(CCC#N)n1. The molecule has 0 aliphatic carbocycles. The normalized spacial score (nSPS) is 14.8. The lowest BCUT2D eigenvalue weighted by molar-refractivity contribution is -0.120. The number of anilines is 2. The van der Waals surface area contributed by atoms with Gasteiger partial charge in [-0.15, -0.1) is 11.3 Å². The molecule has 0 radical (unpaired) electrons. The molecular formula is C21H25N7OS. The van der Waals surface area contributed by atoms with Crippen molar-refractivity contribution < 1.29 is 4.79 Å². The van der Waals surface area contributed by atoms with Crippen LogP contribution in [0.1, 0.15) is 35.4 Å². The van der Waals surface area contributed by atoms with Gasteiger partial charge < -0.3 is 10.2 Å². The van der Waals surface area contributed by atoms with E-state index in [-0.39, 0.29) is 11.8 Å². The van der Waals surface area contributed by atoms with E-state index in [0.717, 1.165) is 47.7 Å². The summed E-state index contributed by atoms with van der Waals surface area (Å²) in [7, 11) is 0. The Balaban J connectivity index is 1.43. The van der Waals surface area contributed by atoms with E-state index >= 15 is 0 Å². The van der Waals surface area contributed by atoms with Gasteiger partial charge in [0.25, 0.3) is 0 Å². The zero-order valence-electron chi connectivity index (χ0n) is 17.5. The molecule has 0 unspecified atom stereocenters. The van der Waals surface area contributed by atoms with E-state index in [4.69, 9.17) is 5.26 Å². The van der Waals surface area contributed by atoms with Crippen LogP contribution in [0.5, 0.6) is 0 Å². The highest BCUT2D eigenvalue weighted by Gasteiger charge is 2.28. The molecule has 0 bridgehead atoms. The van der Waals surface area contributed by atoms with Crippen molar-refractivity contribution >= 4 is 39.1 Å². The fraction of sp³-hybridized carbons (Fsp3) is 0.476. The summed E-state index contributed by atoms with van der Waals surface area (Å²) in [4.78, 5) is 26.4. The molecule has 0 spiro atoms. The highest BCUT2D eigenvalue weighted by atomic mass is 32.1. The van der Waals surface area contributed by atoms with Crippen molar-refractivity contribution in [2.75, 3.05) is 23.3 Å². The molecule has 0 atom stereocenters. The number of hydrogen-bond acceptors (Lipinski definition) is 7. The van der Waals surface area contributed by atoms with Crippen molar-refractivity contribution in [3.05, 3.63) is 28.5 Å². The van der Waals surface area contributed by atoms with Gasteiger partial charge in [-0.1, -0.05) is 0 Å². The van der Waals surface area contributed by atoms with Gasteiger partial charge >= 0.3 is 0 Å². The van der Waals surface area contributed by atoms with Crippen LogP contribution in [0, 0.1) is 38.0 Å². The van der Waals surface area contributed by atoms with Crippen LogP contribution in [0.15, 0.2) is 12.4 Å². The number of carbonyl (C=O) groups is 1. The molecule has 4 rings (SSSR count). The second kappa shape index (κ2) is 8.40. The topological polar surface area (TPSA) is 99.7 Å². The van der Waals surface area contributed by atoms with Gasteiger partial charge in [-0.05, 0) is 39.2 Å².